The second-order valence-corrected chi connectivity index (χ2v) is 6.27. The van der Waals surface area contributed by atoms with Crippen LogP contribution >= 0.6 is 23.2 Å². The molecule has 0 radical (unpaired) electrons. The molecule has 0 saturated heterocycles. The van der Waals surface area contributed by atoms with Gasteiger partial charge < -0.3 is 11.5 Å². The summed E-state index contributed by atoms with van der Waals surface area (Å²) < 4.78 is 0. The molecule has 2 aromatic carbocycles. The third-order valence-corrected chi connectivity index (χ3v) is 4.57. The fraction of sp³-hybridized carbons (Fsp3) is 0.125. The normalized spacial score (nSPS) is 10.8. The Balaban J connectivity index is 2.05. The number of hydrogen-bond acceptors (Lipinski definition) is 6. The van der Waals surface area contributed by atoms with Crippen molar-refractivity contribution in [2.75, 3.05) is 16.5 Å². The number of rotatable bonds is 4. The maximum atomic E-state index is 11.4. The van der Waals surface area contributed by atoms with E-state index in [4.69, 9.17) is 34.7 Å². The number of nitrogens with zero attached hydrogens (tertiary/aromatic N) is 4. The number of anilines is 3. The molecule has 128 valence electrons. The lowest BCUT2D eigenvalue weighted by Gasteiger charge is -2.19. The molecule has 25 heavy (non-hydrogen) atoms. The predicted octanol–water partition coefficient (Wildman–Crippen LogP) is 4.10. The number of nitroso groups, excluding NO2 is 1. The highest BCUT2D eigenvalue weighted by atomic mass is 35.5. The first kappa shape index (κ1) is 17.2. The van der Waals surface area contributed by atoms with Gasteiger partial charge in [-0.1, -0.05) is 29.3 Å². The predicted molar refractivity (Wildman–Crippen MR) is 102 cm³/mol. The molecule has 1 heterocycles. The van der Waals surface area contributed by atoms with E-state index in [1.807, 2.05) is 6.92 Å². The van der Waals surface area contributed by atoms with Gasteiger partial charge in [0, 0.05) is 5.39 Å². The number of aromatic nitrogens is 2. The average Bonchev–Trinajstić information content (AvgIpc) is 2.56. The van der Waals surface area contributed by atoms with E-state index >= 15 is 0 Å². The van der Waals surface area contributed by atoms with Crippen molar-refractivity contribution >= 4 is 51.6 Å². The summed E-state index contributed by atoms with van der Waals surface area (Å²) in [6.07, 6.45) is 0. The van der Waals surface area contributed by atoms with Gasteiger partial charge in [0.15, 0.2) is 0 Å². The van der Waals surface area contributed by atoms with E-state index in [2.05, 4.69) is 15.3 Å². The first-order valence-corrected chi connectivity index (χ1v) is 8.03. The molecule has 1 aromatic heterocycles. The van der Waals surface area contributed by atoms with Crippen LogP contribution in [-0.2, 0) is 6.54 Å². The Morgan fingerprint density at radius 1 is 1.12 bits per heavy atom. The molecule has 4 N–H and O–H groups in total. The number of hydrogen-bond donors (Lipinski definition) is 2. The van der Waals surface area contributed by atoms with Gasteiger partial charge in [-0.15, -0.1) is 4.91 Å². The van der Waals surface area contributed by atoms with E-state index in [9.17, 15) is 4.91 Å². The molecule has 7 nitrogen and oxygen atoms in total. The maximum Gasteiger partial charge on any atom is 0.222 e. The molecule has 0 unspecified atom stereocenters. The number of benzene rings is 2. The van der Waals surface area contributed by atoms with Crippen LogP contribution in [0.2, 0.25) is 10.0 Å². The Bertz CT molecular complexity index is 978. The van der Waals surface area contributed by atoms with Crippen molar-refractivity contribution in [2.24, 2.45) is 5.29 Å². The second kappa shape index (κ2) is 6.70. The minimum atomic E-state index is 0.0957. The van der Waals surface area contributed by atoms with E-state index in [1.54, 1.807) is 30.3 Å². The topological polar surface area (TPSA) is 110 Å². The molecular weight excluding hydrogens is 363 g/mol. The summed E-state index contributed by atoms with van der Waals surface area (Å²) in [5, 5.41) is 5.92. The molecular formula is C16H14Cl2N6O. The van der Waals surface area contributed by atoms with Gasteiger partial charge in [-0.2, -0.15) is 4.98 Å². The number of fused-ring (bicyclic) bond motifs is 1. The Kier molecular flexibility index (Phi) is 4.61. The molecule has 3 rings (SSSR count). The monoisotopic (exact) mass is 376 g/mol. The summed E-state index contributed by atoms with van der Waals surface area (Å²) in [6.45, 7) is 2.04. The van der Waals surface area contributed by atoms with Crippen molar-refractivity contribution in [3.63, 3.8) is 0 Å². The van der Waals surface area contributed by atoms with Crippen molar-refractivity contribution in [2.45, 2.75) is 13.5 Å². The van der Waals surface area contributed by atoms with Gasteiger partial charge in [0.05, 0.1) is 33.1 Å². The van der Waals surface area contributed by atoms with Crippen molar-refractivity contribution in [1.82, 2.24) is 9.97 Å². The second-order valence-electron chi connectivity index (χ2n) is 5.46. The summed E-state index contributed by atoms with van der Waals surface area (Å²) in [5.74, 6) is 0.348. The van der Waals surface area contributed by atoms with Gasteiger partial charge in [0.25, 0.3) is 0 Å². The zero-order valence-corrected chi connectivity index (χ0v) is 14.7. The van der Waals surface area contributed by atoms with E-state index in [-0.39, 0.29) is 18.3 Å². The zero-order chi connectivity index (χ0) is 18.1. The maximum absolute atomic E-state index is 11.4. The lowest BCUT2D eigenvalue weighted by molar-refractivity contribution is 0.844. The number of halogens is 2. The van der Waals surface area contributed by atoms with Gasteiger partial charge in [-0.05, 0) is 42.3 Å². The first-order valence-electron chi connectivity index (χ1n) is 7.27. The Morgan fingerprint density at radius 2 is 1.88 bits per heavy atom. The lowest BCUT2D eigenvalue weighted by atomic mass is 10.1. The summed E-state index contributed by atoms with van der Waals surface area (Å²) in [4.78, 5) is 19.6. The van der Waals surface area contributed by atoms with Gasteiger partial charge in [-0.3, -0.25) is 0 Å². The summed E-state index contributed by atoms with van der Waals surface area (Å²) in [5.41, 5.74) is 14.3. The highest BCUT2D eigenvalue weighted by molar-refractivity contribution is 6.42. The van der Waals surface area contributed by atoms with Crippen LogP contribution in [0.4, 0.5) is 17.5 Å². The highest BCUT2D eigenvalue weighted by Crippen LogP contribution is 2.32. The van der Waals surface area contributed by atoms with Crippen molar-refractivity contribution in [3.05, 3.63) is 56.4 Å². The van der Waals surface area contributed by atoms with Crippen LogP contribution in [0.5, 0.6) is 0 Å². The van der Waals surface area contributed by atoms with Crippen LogP contribution in [-0.4, -0.2) is 9.97 Å². The van der Waals surface area contributed by atoms with Crippen LogP contribution in [0.3, 0.4) is 0 Å². The third kappa shape index (κ3) is 3.29. The van der Waals surface area contributed by atoms with Crippen LogP contribution in [0.25, 0.3) is 10.9 Å². The van der Waals surface area contributed by atoms with Crippen molar-refractivity contribution in [3.8, 4) is 0 Å². The molecule has 0 saturated carbocycles. The standard InChI is InChI=1S/C16H14Cl2N6O/c1-8-13(5-4-12-14(8)15(19)22-16(20)21-12)24(23-25)7-9-2-3-10(17)11(18)6-9/h2-6H,7H2,1H3,(H4,19,20,21,22). The molecule has 9 heteroatoms. The Labute approximate surface area is 153 Å². The summed E-state index contributed by atoms with van der Waals surface area (Å²) >= 11 is 11.9. The number of nitrogen functional groups attached to an aromatic ring is 2. The fourth-order valence-corrected chi connectivity index (χ4v) is 3.00. The molecule has 0 amide bonds. The highest BCUT2D eigenvalue weighted by Gasteiger charge is 2.16. The molecule has 0 fully saturated rings. The quantitative estimate of drug-likeness (QED) is 0.523. The third-order valence-electron chi connectivity index (χ3n) is 3.83. The summed E-state index contributed by atoms with van der Waals surface area (Å²) in [6, 6.07) is 8.60. The minimum Gasteiger partial charge on any atom is -0.383 e. The van der Waals surface area contributed by atoms with Gasteiger partial charge in [0.1, 0.15) is 5.82 Å². The van der Waals surface area contributed by atoms with Gasteiger partial charge in [-0.25, -0.2) is 9.99 Å². The molecule has 0 aliphatic heterocycles. The molecule has 0 spiro atoms. The van der Waals surface area contributed by atoms with Crippen LogP contribution in [0.1, 0.15) is 11.1 Å². The van der Waals surface area contributed by atoms with E-state index in [0.717, 1.165) is 11.1 Å². The SMILES string of the molecule is Cc1c(N(Cc2ccc(Cl)c(Cl)c2)N=O)ccc2nc(N)nc(N)c12. The van der Waals surface area contributed by atoms with Gasteiger partial charge in [0.2, 0.25) is 5.95 Å². The lowest BCUT2D eigenvalue weighted by Crippen LogP contribution is -2.16. The summed E-state index contributed by atoms with van der Waals surface area (Å²) in [7, 11) is 0. The van der Waals surface area contributed by atoms with Crippen LogP contribution < -0.4 is 16.5 Å². The van der Waals surface area contributed by atoms with Crippen molar-refractivity contribution < 1.29 is 0 Å². The number of aryl methyl sites for hydroxylation is 1. The van der Waals surface area contributed by atoms with E-state index in [1.165, 1.54) is 5.01 Å². The molecule has 0 aliphatic carbocycles. The van der Waals surface area contributed by atoms with E-state index in [0.29, 0.717) is 26.6 Å². The van der Waals surface area contributed by atoms with Gasteiger partial charge >= 0.3 is 0 Å². The molecule has 3 aromatic rings. The fourth-order valence-electron chi connectivity index (χ4n) is 2.68. The largest absolute Gasteiger partial charge is 0.383 e. The molecule has 0 bridgehead atoms. The molecule has 0 atom stereocenters. The van der Waals surface area contributed by atoms with Crippen LogP contribution in [0, 0.1) is 11.8 Å². The van der Waals surface area contributed by atoms with Crippen molar-refractivity contribution in [1.29, 1.82) is 0 Å². The average molecular weight is 377 g/mol. The minimum absolute atomic E-state index is 0.0957. The van der Waals surface area contributed by atoms with Crippen LogP contribution in [0.15, 0.2) is 35.6 Å². The number of nitrogens with two attached hydrogens (primary N) is 2. The Morgan fingerprint density at radius 3 is 2.56 bits per heavy atom. The smallest absolute Gasteiger partial charge is 0.222 e. The molecule has 0 aliphatic rings. The zero-order valence-electron chi connectivity index (χ0n) is 13.2. The first-order chi connectivity index (χ1) is 11.9. The Hall–Kier alpha value is -2.64. The van der Waals surface area contributed by atoms with E-state index < -0.39 is 0 Å².